The molecule has 0 amide bonds. The number of aromatic nitrogens is 2. The van der Waals surface area contributed by atoms with Gasteiger partial charge in [-0.1, -0.05) is 36.4 Å². The quantitative estimate of drug-likeness (QED) is 0.668. The molecule has 26 heavy (non-hydrogen) atoms. The Balaban J connectivity index is 1.84. The zero-order chi connectivity index (χ0) is 18.5. The van der Waals surface area contributed by atoms with E-state index in [1.165, 1.54) is 16.7 Å². The van der Waals surface area contributed by atoms with Gasteiger partial charge in [0, 0.05) is 30.5 Å². The minimum Gasteiger partial charge on any atom is -0.340 e. The molecular weight excluding hydrogens is 320 g/mol. The number of nitrogens with one attached hydrogen (secondary N) is 1. The normalized spacial score (nSPS) is 10.6. The Kier molecular flexibility index (Phi) is 5.52. The second-order valence-corrected chi connectivity index (χ2v) is 6.62. The first-order valence-electron chi connectivity index (χ1n) is 9.04. The van der Waals surface area contributed by atoms with Crippen molar-refractivity contribution in [2.45, 2.75) is 34.2 Å². The molecule has 134 valence electrons. The summed E-state index contributed by atoms with van der Waals surface area (Å²) in [5.41, 5.74) is 5.80. The Morgan fingerprint density at radius 3 is 2.35 bits per heavy atom. The Bertz CT molecular complexity index is 875. The van der Waals surface area contributed by atoms with Crippen LogP contribution in [0.25, 0.3) is 0 Å². The number of benzene rings is 2. The Morgan fingerprint density at radius 2 is 1.65 bits per heavy atom. The third kappa shape index (κ3) is 4.39. The lowest BCUT2D eigenvalue weighted by atomic mass is 10.1. The Labute approximate surface area is 155 Å². The van der Waals surface area contributed by atoms with Crippen LogP contribution in [0.15, 0.2) is 54.6 Å². The predicted octanol–water partition coefficient (Wildman–Crippen LogP) is 5.17. The van der Waals surface area contributed by atoms with Crippen molar-refractivity contribution in [1.29, 1.82) is 0 Å². The first-order chi connectivity index (χ1) is 12.5. The summed E-state index contributed by atoms with van der Waals surface area (Å²) in [6.45, 7) is 10.0. The summed E-state index contributed by atoms with van der Waals surface area (Å²) >= 11 is 0. The van der Waals surface area contributed by atoms with Crippen LogP contribution in [0.3, 0.4) is 0 Å². The molecule has 0 spiro atoms. The van der Waals surface area contributed by atoms with Crippen molar-refractivity contribution >= 4 is 17.5 Å². The molecule has 0 radical (unpaired) electrons. The molecule has 0 aliphatic rings. The van der Waals surface area contributed by atoms with E-state index in [4.69, 9.17) is 4.98 Å². The Hall–Kier alpha value is -2.88. The van der Waals surface area contributed by atoms with E-state index in [0.717, 1.165) is 36.2 Å². The summed E-state index contributed by atoms with van der Waals surface area (Å²) in [4.78, 5) is 11.6. The zero-order valence-electron chi connectivity index (χ0n) is 16.0. The first kappa shape index (κ1) is 17.9. The number of nitrogens with zero attached hydrogens (tertiary/aromatic N) is 3. The van der Waals surface area contributed by atoms with E-state index in [0.29, 0.717) is 0 Å². The fourth-order valence-corrected chi connectivity index (χ4v) is 2.85. The molecule has 0 aliphatic carbocycles. The molecule has 0 unspecified atom stereocenters. The van der Waals surface area contributed by atoms with Crippen molar-refractivity contribution in [1.82, 2.24) is 9.97 Å². The second kappa shape index (κ2) is 8.00. The maximum Gasteiger partial charge on any atom is 0.227 e. The maximum absolute atomic E-state index is 4.75. The van der Waals surface area contributed by atoms with Crippen molar-refractivity contribution in [3.8, 4) is 0 Å². The lowest BCUT2D eigenvalue weighted by Gasteiger charge is -2.22. The molecule has 4 heteroatoms. The van der Waals surface area contributed by atoms with Crippen LogP contribution in [0.4, 0.5) is 17.5 Å². The smallest absolute Gasteiger partial charge is 0.227 e. The average Bonchev–Trinajstić information content (AvgIpc) is 2.63. The molecule has 3 aromatic rings. The topological polar surface area (TPSA) is 41.1 Å². The molecule has 1 N–H and O–H groups in total. The van der Waals surface area contributed by atoms with Gasteiger partial charge in [0.25, 0.3) is 0 Å². The SMILES string of the molecule is CCN(Cc1ccccc1)c1nc(C)cc(Nc2ccc(C)c(C)c2)n1. The van der Waals surface area contributed by atoms with Gasteiger partial charge in [-0.25, -0.2) is 4.98 Å². The van der Waals surface area contributed by atoms with Crippen molar-refractivity contribution in [2.24, 2.45) is 0 Å². The fourth-order valence-electron chi connectivity index (χ4n) is 2.85. The summed E-state index contributed by atoms with van der Waals surface area (Å²) < 4.78 is 0. The largest absolute Gasteiger partial charge is 0.340 e. The van der Waals surface area contributed by atoms with Crippen LogP contribution >= 0.6 is 0 Å². The Morgan fingerprint density at radius 1 is 0.885 bits per heavy atom. The van der Waals surface area contributed by atoms with Crippen molar-refractivity contribution in [2.75, 3.05) is 16.8 Å². The third-order valence-electron chi connectivity index (χ3n) is 4.50. The van der Waals surface area contributed by atoms with Crippen LogP contribution in [0.1, 0.15) is 29.3 Å². The summed E-state index contributed by atoms with van der Waals surface area (Å²) in [5, 5.41) is 3.42. The van der Waals surface area contributed by atoms with Gasteiger partial charge < -0.3 is 10.2 Å². The highest BCUT2D eigenvalue weighted by Gasteiger charge is 2.11. The molecule has 1 aromatic heterocycles. The van der Waals surface area contributed by atoms with Crippen LogP contribution < -0.4 is 10.2 Å². The molecule has 0 bridgehead atoms. The van der Waals surface area contributed by atoms with Crippen LogP contribution in [-0.2, 0) is 6.54 Å². The lowest BCUT2D eigenvalue weighted by molar-refractivity contribution is 0.788. The highest BCUT2D eigenvalue weighted by Crippen LogP contribution is 2.21. The molecule has 0 atom stereocenters. The summed E-state index contributed by atoms with van der Waals surface area (Å²) in [6, 6.07) is 18.8. The van der Waals surface area contributed by atoms with Crippen LogP contribution in [0.5, 0.6) is 0 Å². The highest BCUT2D eigenvalue weighted by atomic mass is 15.3. The number of hydrogen-bond acceptors (Lipinski definition) is 4. The van der Waals surface area contributed by atoms with Crippen LogP contribution in [-0.4, -0.2) is 16.5 Å². The number of hydrogen-bond donors (Lipinski definition) is 1. The van der Waals surface area contributed by atoms with Gasteiger partial charge in [0.15, 0.2) is 0 Å². The van der Waals surface area contributed by atoms with Crippen LogP contribution in [0.2, 0.25) is 0 Å². The number of aryl methyl sites for hydroxylation is 3. The fraction of sp³-hybridized carbons (Fsp3) is 0.273. The molecule has 0 saturated heterocycles. The van der Waals surface area contributed by atoms with Crippen molar-refractivity contribution < 1.29 is 0 Å². The second-order valence-electron chi connectivity index (χ2n) is 6.62. The summed E-state index contributed by atoms with van der Waals surface area (Å²) in [6.07, 6.45) is 0. The average molecular weight is 346 g/mol. The molecule has 0 aliphatic heterocycles. The van der Waals surface area contributed by atoms with Crippen LogP contribution in [0, 0.1) is 20.8 Å². The zero-order valence-corrected chi connectivity index (χ0v) is 16.0. The summed E-state index contributed by atoms with van der Waals surface area (Å²) in [7, 11) is 0. The maximum atomic E-state index is 4.75. The first-order valence-corrected chi connectivity index (χ1v) is 9.04. The molecule has 0 saturated carbocycles. The summed E-state index contributed by atoms with van der Waals surface area (Å²) in [5.74, 6) is 1.57. The molecule has 1 heterocycles. The van der Waals surface area contributed by atoms with E-state index in [2.05, 4.69) is 78.4 Å². The van der Waals surface area contributed by atoms with E-state index in [9.17, 15) is 0 Å². The van der Waals surface area contributed by atoms with Gasteiger partial charge in [-0.2, -0.15) is 4.98 Å². The minimum absolute atomic E-state index is 0.752. The van der Waals surface area contributed by atoms with Gasteiger partial charge in [-0.15, -0.1) is 0 Å². The van der Waals surface area contributed by atoms with E-state index < -0.39 is 0 Å². The number of rotatable bonds is 6. The van der Waals surface area contributed by atoms with Crippen molar-refractivity contribution in [3.05, 3.63) is 77.0 Å². The van der Waals surface area contributed by atoms with E-state index in [-0.39, 0.29) is 0 Å². The molecule has 4 nitrogen and oxygen atoms in total. The molecule has 3 rings (SSSR count). The highest BCUT2D eigenvalue weighted by molar-refractivity contribution is 5.59. The predicted molar refractivity (Wildman–Crippen MR) is 109 cm³/mol. The standard InChI is InChI=1S/C22H26N4/c1-5-26(15-19-9-7-6-8-10-19)22-23-18(4)14-21(25-22)24-20-12-11-16(2)17(3)13-20/h6-14H,5,15H2,1-4H3,(H,23,24,25). The van der Waals surface area contributed by atoms with E-state index in [1.54, 1.807) is 0 Å². The van der Waals surface area contributed by atoms with Gasteiger partial charge >= 0.3 is 0 Å². The van der Waals surface area contributed by atoms with Gasteiger partial charge in [0.1, 0.15) is 5.82 Å². The molecule has 2 aromatic carbocycles. The van der Waals surface area contributed by atoms with E-state index in [1.807, 2.05) is 19.1 Å². The molecule has 0 fully saturated rings. The van der Waals surface area contributed by atoms with Crippen molar-refractivity contribution in [3.63, 3.8) is 0 Å². The number of anilines is 3. The monoisotopic (exact) mass is 346 g/mol. The van der Waals surface area contributed by atoms with Gasteiger partial charge in [0.05, 0.1) is 0 Å². The molecular formula is C22H26N4. The van der Waals surface area contributed by atoms with Gasteiger partial charge in [-0.3, -0.25) is 0 Å². The van der Waals surface area contributed by atoms with E-state index >= 15 is 0 Å². The third-order valence-corrected chi connectivity index (χ3v) is 4.50. The minimum atomic E-state index is 0.752. The van der Waals surface area contributed by atoms with Gasteiger partial charge in [-0.05, 0) is 56.5 Å². The van der Waals surface area contributed by atoms with Gasteiger partial charge in [0.2, 0.25) is 5.95 Å². The lowest BCUT2D eigenvalue weighted by Crippen LogP contribution is -2.24.